The van der Waals surface area contributed by atoms with Crippen LogP contribution in [0, 0.1) is 0 Å². The first-order valence-electron chi connectivity index (χ1n) is 9.66. The fraction of sp³-hybridized carbons (Fsp3) is 0.895. The third kappa shape index (κ3) is 7.63. The Bertz CT molecular complexity index is 434. The molecule has 1 heterocycles. The highest BCUT2D eigenvalue weighted by Crippen LogP contribution is 2.22. The van der Waals surface area contributed by atoms with Crippen LogP contribution in [0.25, 0.3) is 0 Å². The van der Waals surface area contributed by atoms with Crippen molar-refractivity contribution in [3.05, 3.63) is 0 Å². The molecule has 0 aromatic heterocycles. The summed E-state index contributed by atoms with van der Waals surface area (Å²) in [5.41, 5.74) is -0.602. The van der Waals surface area contributed by atoms with E-state index in [4.69, 9.17) is 4.74 Å². The number of carbonyl (C=O) groups excluding carboxylic acids is 2. The predicted molar refractivity (Wildman–Crippen MR) is 98.3 cm³/mol. The van der Waals surface area contributed by atoms with E-state index in [1.807, 2.05) is 6.92 Å². The van der Waals surface area contributed by atoms with Crippen molar-refractivity contribution in [2.45, 2.75) is 103 Å². The first kappa shape index (κ1) is 21.7. The van der Waals surface area contributed by atoms with Crippen molar-refractivity contribution < 1.29 is 19.4 Å². The molecule has 1 rings (SSSR count). The molecule has 1 aliphatic heterocycles. The number of carbonyl (C=O) groups is 2. The van der Waals surface area contributed by atoms with E-state index >= 15 is 0 Å². The van der Waals surface area contributed by atoms with Gasteiger partial charge < -0.3 is 20.1 Å². The number of hydrogen-bond acceptors (Lipinski definition) is 4. The van der Waals surface area contributed by atoms with Crippen LogP contribution in [0.5, 0.6) is 0 Å². The van der Waals surface area contributed by atoms with Crippen LogP contribution < -0.4 is 5.32 Å². The highest BCUT2D eigenvalue weighted by molar-refractivity contribution is 5.86. The maximum atomic E-state index is 13.0. The Labute approximate surface area is 152 Å². The van der Waals surface area contributed by atoms with Gasteiger partial charge in [-0.05, 0) is 40.0 Å². The number of aliphatic hydroxyl groups is 1. The summed E-state index contributed by atoms with van der Waals surface area (Å²) >= 11 is 0. The van der Waals surface area contributed by atoms with Crippen LogP contribution in [0.3, 0.4) is 0 Å². The van der Waals surface area contributed by atoms with Crippen molar-refractivity contribution >= 4 is 12.0 Å². The lowest BCUT2D eigenvalue weighted by atomic mass is 10.1. The van der Waals surface area contributed by atoms with Crippen LogP contribution in [-0.4, -0.2) is 52.3 Å². The van der Waals surface area contributed by atoms with Crippen molar-refractivity contribution in [1.29, 1.82) is 0 Å². The monoisotopic (exact) mass is 356 g/mol. The summed E-state index contributed by atoms with van der Waals surface area (Å²) < 4.78 is 5.31. The molecule has 1 aliphatic rings. The number of likely N-dealkylation sites (tertiary alicyclic amines) is 1. The number of ether oxygens (including phenoxy) is 1. The van der Waals surface area contributed by atoms with Crippen molar-refractivity contribution in [3.8, 4) is 0 Å². The molecule has 2 amide bonds. The molecule has 146 valence electrons. The molecule has 0 saturated carbocycles. The third-order valence-electron chi connectivity index (χ3n) is 4.48. The van der Waals surface area contributed by atoms with Gasteiger partial charge in [0.25, 0.3) is 0 Å². The summed E-state index contributed by atoms with van der Waals surface area (Å²) in [6.45, 7) is 9.90. The summed E-state index contributed by atoms with van der Waals surface area (Å²) in [5.74, 6) is -0.106. The van der Waals surface area contributed by atoms with Crippen molar-refractivity contribution in [3.63, 3.8) is 0 Å². The van der Waals surface area contributed by atoms with Gasteiger partial charge >= 0.3 is 6.09 Å². The maximum absolute atomic E-state index is 13.0. The second kappa shape index (κ2) is 10.00. The summed E-state index contributed by atoms with van der Waals surface area (Å²) in [5, 5.41) is 12.7. The number of aliphatic hydroxyl groups excluding tert-OH is 1. The molecular weight excluding hydrogens is 320 g/mol. The predicted octanol–water partition coefficient (Wildman–Crippen LogP) is 3.22. The van der Waals surface area contributed by atoms with E-state index in [1.165, 1.54) is 0 Å². The van der Waals surface area contributed by atoms with Gasteiger partial charge in [0, 0.05) is 12.6 Å². The van der Waals surface area contributed by atoms with Gasteiger partial charge in [-0.2, -0.15) is 0 Å². The van der Waals surface area contributed by atoms with Gasteiger partial charge in [0.2, 0.25) is 5.91 Å². The van der Waals surface area contributed by atoms with Crippen LogP contribution in [-0.2, 0) is 9.53 Å². The molecule has 0 radical (unpaired) electrons. The highest BCUT2D eigenvalue weighted by atomic mass is 16.6. The number of nitrogens with one attached hydrogen (secondary N) is 1. The van der Waals surface area contributed by atoms with Crippen LogP contribution in [0.15, 0.2) is 0 Å². The zero-order valence-electron chi connectivity index (χ0n) is 16.5. The second-order valence-corrected chi connectivity index (χ2v) is 7.99. The minimum absolute atomic E-state index is 0.0427. The van der Waals surface area contributed by atoms with Gasteiger partial charge in [-0.1, -0.05) is 39.5 Å². The quantitative estimate of drug-likeness (QED) is 0.655. The van der Waals surface area contributed by atoms with E-state index in [2.05, 4.69) is 12.2 Å². The zero-order chi connectivity index (χ0) is 19.0. The number of β-amino-alcohol motifs (C(OH)–C–C–N with tert-alkyl or cyclic N) is 1. The summed E-state index contributed by atoms with van der Waals surface area (Å²) in [4.78, 5) is 26.8. The Morgan fingerprint density at radius 3 is 2.48 bits per heavy atom. The standard InChI is InChI=1S/C19H36N2O4/c1-6-8-9-10-11-16(20-18(24)25-19(3,4)5)17(23)21-13-15(22)12-14(21)7-2/h14-16,22H,6-13H2,1-5H3,(H,20,24). The van der Waals surface area contributed by atoms with Gasteiger partial charge in [-0.15, -0.1) is 0 Å². The fourth-order valence-electron chi connectivity index (χ4n) is 3.23. The van der Waals surface area contributed by atoms with Crippen molar-refractivity contribution in [2.75, 3.05) is 6.54 Å². The van der Waals surface area contributed by atoms with E-state index in [9.17, 15) is 14.7 Å². The Hall–Kier alpha value is -1.30. The Kier molecular flexibility index (Phi) is 8.69. The summed E-state index contributed by atoms with van der Waals surface area (Å²) in [6, 6.07) is -0.549. The van der Waals surface area contributed by atoms with Crippen molar-refractivity contribution in [1.82, 2.24) is 10.2 Å². The maximum Gasteiger partial charge on any atom is 0.408 e. The van der Waals surface area contributed by atoms with E-state index in [1.54, 1.807) is 25.7 Å². The average molecular weight is 357 g/mol. The molecule has 0 aromatic carbocycles. The van der Waals surface area contributed by atoms with Gasteiger partial charge in [-0.3, -0.25) is 4.79 Å². The molecule has 0 spiro atoms. The molecule has 0 aliphatic carbocycles. The fourth-order valence-corrected chi connectivity index (χ4v) is 3.23. The molecule has 0 bridgehead atoms. The lowest BCUT2D eigenvalue weighted by Gasteiger charge is -2.29. The molecule has 1 fully saturated rings. The zero-order valence-corrected chi connectivity index (χ0v) is 16.5. The minimum Gasteiger partial charge on any atom is -0.444 e. The second-order valence-electron chi connectivity index (χ2n) is 7.99. The molecule has 6 heteroatoms. The molecule has 2 N–H and O–H groups in total. The number of nitrogens with zero attached hydrogens (tertiary/aromatic N) is 1. The average Bonchev–Trinajstić information content (AvgIpc) is 2.88. The van der Waals surface area contributed by atoms with Gasteiger partial charge in [-0.25, -0.2) is 4.79 Å². The smallest absolute Gasteiger partial charge is 0.408 e. The van der Waals surface area contributed by atoms with Crippen LogP contribution in [0.4, 0.5) is 4.79 Å². The van der Waals surface area contributed by atoms with Gasteiger partial charge in [0.05, 0.1) is 6.10 Å². The molecular formula is C19H36N2O4. The molecule has 0 aromatic rings. The first-order valence-corrected chi connectivity index (χ1v) is 9.66. The summed E-state index contributed by atoms with van der Waals surface area (Å²) in [6.07, 6.45) is 5.13. The topological polar surface area (TPSA) is 78.9 Å². The van der Waals surface area contributed by atoms with Crippen LogP contribution >= 0.6 is 0 Å². The lowest BCUT2D eigenvalue weighted by Crippen LogP contribution is -2.51. The highest BCUT2D eigenvalue weighted by Gasteiger charge is 2.37. The number of alkyl carbamates (subject to hydrolysis) is 1. The van der Waals surface area contributed by atoms with Gasteiger partial charge in [0.1, 0.15) is 11.6 Å². The van der Waals surface area contributed by atoms with Crippen LogP contribution in [0.1, 0.15) is 79.6 Å². The Balaban J connectivity index is 2.74. The third-order valence-corrected chi connectivity index (χ3v) is 4.48. The molecule has 1 saturated heterocycles. The largest absolute Gasteiger partial charge is 0.444 e. The number of amides is 2. The normalized spacial score (nSPS) is 21.9. The van der Waals surface area contributed by atoms with E-state index in [-0.39, 0.29) is 11.9 Å². The molecule has 3 unspecified atom stereocenters. The molecule has 3 atom stereocenters. The first-order chi connectivity index (χ1) is 11.7. The van der Waals surface area contributed by atoms with E-state index in [0.29, 0.717) is 19.4 Å². The summed E-state index contributed by atoms with van der Waals surface area (Å²) in [7, 11) is 0. The Morgan fingerprint density at radius 2 is 1.92 bits per heavy atom. The Morgan fingerprint density at radius 1 is 1.24 bits per heavy atom. The number of unbranched alkanes of at least 4 members (excludes halogenated alkanes) is 3. The lowest BCUT2D eigenvalue weighted by molar-refractivity contribution is -0.134. The van der Waals surface area contributed by atoms with Crippen LogP contribution in [0.2, 0.25) is 0 Å². The minimum atomic E-state index is -0.602. The van der Waals surface area contributed by atoms with E-state index in [0.717, 1.165) is 32.1 Å². The molecule has 6 nitrogen and oxygen atoms in total. The molecule has 25 heavy (non-hydrogen) atoms. The van der Waals surface area contributed by atoms with Crippen molar-refractivity contribution in [2.24, 2.45) is 0 Å². The number of rotatable bonds is 8. The van der Waals surface area contributed by atoms with Gasteiger partial charge in [0.15, 0.2) is 0 Å². The van der Waals surface area contributed by atoms with E-state index < -0.39 is 23.8 Å². The SMILES string of the molecule is CCCCCCC(NC(=O)OC(C)(C)C)C(=O)N1CC(O)CC1CC. The number of hydrogen-bond donors (Lipinski definition) is 2.